The Bertz CT molecular complexity index is 1050. The van der Waals surface area contributed by atoms with Crippen LogP contribution in [0.4, 0.5) is 0 Å². The van der Waals surface area contributed by atoms with Gasteiger partial charge in [-0.3, -0.25) is 13.8 Å². The molecule has 1 N–H and O–H groups in total. The normalized spacial score (nSPS) is 15.0. The van der Waals surface area contributed by atoms with Gasteiger partial charge in [0.15, 0.2) is 0 Å². The van der Waals surface area contributed by atoms with Gasteiger partial charge in [-0.05, 0) is 77.0 Å². The largest absolute Gasteiger partial charge is 0.472 e. The summed E-state index contributed by atoms with van der Waals surface area (Å²) in [6.07, 6.45) is 42.0. The second-order valence-electron chi connectivity index (χ2n) is 12.8. The first-order valence-corrected chi connectivity index (χ1v) is 19.8. The first-order valence-electron chi connectivity index (χ1n) is 18.3. The summed E-state index contributed by atoms with van der Waals surface area (Å²) in [5, 5.41) is 0. The predicted molar refractivity (Wildman–Crippen MR) is 205 cm³/mol. The summed E-state index contributed by atoms with van der Waals surface area (Å²) in [5.74, 6) is -0.367. The van der Waals surface area contributed by atoms with Crippen molar-refractivity contribution in [3.63, 3.8) is 0 Å². The Morgan fingerprint density at radius 3 is 1.63 bits per heavy atom. The Kier molecular flexibility index (Phi) is 31.3. The van der Waals surface area contributed by atoms with Gasteiger partial charge >= 0.3 is 13.8 Å². The number of ether oxygens (including phenoxy) is 2. The second kappa shape index (κ2) is 32.9. The number of hydrogen-bond donors (Lipinski definition) is 1. The van der Waals surface area contributed by atoms with E-state index in [1.807, 2.05) is 21.1 Å². The fraction of sp³-hybridized carbons (Fsp3) is 0.625. The molecule has 0 bridgehead atoms. The van der Waals surface area contributed by atoms with Crippen molar-refractivity contribution in [2.45, 2.75) is 110 Å². The van der Waals surface area contributed by atoms with E-state index in [1.54, 1.807) is 0 Å². The third kappa shape index (κ3) is 36.8. The zero-order valence-corrected chi connectivity index (χ0v) is 32.3. The minimum absolute atomic E-state index is 0.0675. The summed E-state index contributed by atoms with van der Waals surface area (Å²) in [5.41, 5.74) is 0. The number of quaternary nitrogens is 1. The molecule has 0 fully saturated rings. The fourth-order valence-electron chi connectivity index (χ4n) is 4.16. The average Bonchev–Trinajstić information content (AvgIpc) is 3.04. The molecule has 9 heteroatoms. The van der Waals surface area contributed by atoms with Crippen LogP contribution in [0.1, 0.15) is 104 Å². The molecule has 0 spiro atoms. The number of rotatable bonds is 32. The second-order valence-corrected chi connectivity index (χ2v) is 14.3. The van der Waals surface area contributed by atoms with E-state index < -0.39 is 13.9 Å². The number of nitrogens with zero attached hydrogens (tertiary/aromatic N) is 1. The highest BCUT2D eigenvalue weighted by Crippen LogP contribution is 2.43. The van der Waals surface area contributed by atoms with Gasteiger partial charge in [0, 0.05) is 13.0 Å². The zero-order chi connectivity index (χ0) is 36.3. The molecule has 0 heterocycles. The SMILES string of the molecule is CC/C=C\C/C=C\C/C=C\C/C=C\CCCOCC(COP(=O)(O)OCC[N+](C)(C)C)OC(=O)CCCCC/C=C\C/C=C\C/C=C\CC. The lowest BCUT2D eigenvalue weighted by Crippen LogP contribution is -2.37. The molecule has 0 aromatic carbocycles. The Morgan fingerprint density at radius 1 is 0.633 bits per heavy atom. The molecule has 0 saturated carbocycles. The van der Waals surface area contributed by atoms with Crippen molar-refractivity contribution < 1.29 is 37.3 Å². The number of carbonyl (C=O) groups excluding carboxylic acids is 1. The fourth-order valence-corrected chi connectivity index (χ4v) is 4.90. The Labute approximate surface area is 299 Å². The third-order valence-electron chi connectivity index (χ3n) is 6.95. The van der Waals surface area contributed by atoms with Crippen LogP contribution < -0.4 is 0 Å². The van der Waals surface area contributed by atoms with Crippen LogP contribution in [0.3, 0.4) is 0 Å². The molecule has 280 valence electrons. The van der Waals surface area contributed by atoms with Crippen LogP contribution in [-0.4, -0.2) is 75.6 Å². The summed E-state index contributed by atoms with van der Waals surface area (Å²) in [6.45, 7) is 5.15. The van der Waals surface area contributed by atoms with Gasteiger partial charge in [-0.1, -0.05) is 105 Å². The number of likely N-dealkylation sites (N-methyl/N-ethyl adjacent to an activating group) is 1. The molecule has 0 aromatic heterocycles. The summed E-state index contributed by atoms with van der Waals surface area (Å²) in [4.78, 5) is 22.7. The van der Waals surface area contributed by atoms with E-state index >= 15 is 0 Å². The minimum atomic E-state index is -4.29. The number of hydrogen-bond acceptors (Lipinski definition) is 6. The molecule has 49 heavy (non-hydrogen) atoms. The van der Waals surface area contributed by atoms with Gasteiger partial charge in [0.05, 0.1) is 34.4 Å². The minimum Gasteiger partial charge on any atom is -0.457 e. The lowest BCUT2D eigenvalue weighted by atomic mass is 10.1. The van der Waals surface area contributed by atoms with Gasteiger partial charge in [0.2, 0.25) is 0 Å². The van der Waals surface area contributed by atoms with Gasteiger partial charge in [0.1, 0.15) is 19.3 Å². The van der Waals surface area contributed by atoms with Gasteiger partial charge in [-0.15, -0.1) is 0 Å². The molecule has 0 amide bonds. The van der Waals surface area contributed by atoms with E-state index in [4.69, 9.17) is 18.5 Å². The summed E-state index contributed by atoms with van der Waals surface area (Å²) in [7, 11) is 1.59. The van der Waals surface area contributed by atoms with Crippen molar-refractivity contribution in [1.82, 2.24) is 0 Å². The molecule has 0 aliphatic rings. The van der Waals surface area contributed by atoms with Crippen molar-refractivity contribution in [3.05, 3.63) is 85.1 Å². The lowest BCUT2D eigenvalue weighted by molar-refractivity contribution is -0.870. The highest BCUT2D eigenvalue weighted by Gasteiger charge is 2.26. The smallest absolute Gasteiger partial charge is 0.457 e. The molecule has 0 saturated heterocycles. The van der Waals surface area contributed by atoms with Gasteiger partial charge in [0.25, 0.3) is 0 Å². The van der Waals surface area contributed by atoms with E-state index in [-0.39, 0.29) is 32.2 Å². The maximum Gasteiger partial charge on any atom is 0.472 e. The number of esters is 1. The molecule has 8 nitrogen and oxygen atoms in total. The third-order valence-corrected chi connectivity index (χ3v) is 7.94. The van der Waals surface area contributed by atoms with Crippen LogP contribution in [0, 0.1) is 0 Å². The van der Waals surface area contributed by atoms with Crippen LogP contribution >= 0.6 is 7.82 Å². The number of unbranched alkanes of at least 4 members (excludes halogenated alkanes) is 4. The number of phosphoric ester groups is 1. The van der Waals surface area contributed by atoms with Crippen LogP contribution in [0.5, 0.6) is 0 Å². The Balaban J connectivity index is 4.50. The van der Waals surface area contributed by atoms with Crippen molar-refractivity contribution in [2.75, 3.05) is 54.1 Å². The zero-order valence-electron chi connectivity index (χ0n) is 31.4. The molecule has 0 rings (SSSR count). The standard InChI is InChI=1S/C40H68NO7P/c1-6-8-10-12-14-16-18-20-22-24-26-28-30-32-35-45-37-39(38-47-49(43,44)46-36-34-41(3,4)5)48-40(42)33-31-29-27-25-23-21-19-17-15-13-11-9-7-2/h8-11,14-17,20-23,26,28,39H,6-7,12-13,18-19,24-25,27,29-38H2,1-5H3/p+1/b10-8-,11-9-,16-14-,17-15-,22-20-,23-21-,28-26-. The number of carbonyl (C=O) groups is 1. The van der Waals surface area contributed by atoms with Crippen LogP contribution in [0.2, 0.25) is 0 Å². The molecule has 2 atom stereocenters. The van der Waals surface area contributed by atoms with Gasteiger partial charge < -0.3 is 18.9 Å². The predicted octanol–water partition coefficient (Wildman–Crippen LogP) is 10.1. The molecular weight excluding hydrogens is 637 g/mol. The van der Waals surface area contributed by atoms with Gasteiger partial charge in [-0.2, -0.15) is 0 Å². The maximum absolute atomic E-state index is 12.6. The first kappa shape index (κ1) is 46.7. The maximum atomic E-state index is 12.6. The summed E-state index contributed by atoms with van der Waals surface area (Å²) >= 11 is 0. The molecular formula is C40H69NO7P+. The van der Waals surface area contributed by atoms with Crippen molar-refractivity contribution in [3.8, 4) is 0 Å². The highest BCUT2D eigenvalue weighted by molar-refractivity contribution is 7.47. The van der Waals surface area contributed by atoms with Crippen molar-refractivity contribution in [2.24, 2.45) is 0 Å². The average molecular weight is 707 g/mol. The van der Waals surface area contributed by atoms with Crippen molar-refractivity contribution >= 4 is 13.8 Å². The van der Waals surface area contributed by atoms with E-state index in [1.165, 1.54) is 0 Å². The summed E-state index contributed by atoms with van der Waals surface area (Å²) < 4.78 is 34.7. The first-order chi connectivity index (χ1) is 23.6. The quantitative estimate of drug-likeness (QED) is 0.0245. The summed E-state index contributed by atoms with van der Waals surface area (Å²) in [6, 6.07) is 0. The molecule has 0 aromatic rings. The lowest BCUT2D eigenvalue weighted by Gasteiger charge is -2.24. The number of allylic oxidation sites excluding steroid dienone is 14. The van der Waals surface area contributed by atoms with Crippen LogP contribution in [-0.2, 0) is 27.9 Å². The Hall–Kier alpha value is -2.32. The molecule has 0 aliphatic carbocycles. The van der Waals surface area contributed by atoms with E-state index in [2.05, 4.69) is 98.9 Å². The highest BCUT2D eigenvalue weighted by atomic mass is 31.2. The molecule has 2 unspecified atom stereocenters. The van der Waals surface area contributed by atoms with Crippen LogP contribution in [0.25, 0.3) is 0 Å². The molecule has 0 aliphatic heterocycles. The Morgan fingerprint density at radius 2 is 1.12 bits per heavy atom. The van der Waals surface area contributed by atoms with E-state index in [9.17, 15) is 14.3 Å². The molecule has 0 radical (unpaired) electrons. The van der Waals surface area contributed by atoms with E-state index in [0.717, 1.165) is 77.0 Å². The van der Waals surface area contributed by atoms with E-state index in [0.29, 0.717) is 24.1 Å². The van der Waals surface area contributed by atoms with Crippen LogP contribution in [0.15, 0.2) is 85.1 Å². The van der Waals surface area contributed by atoms with Crippen molar-refractivity contribution in [1.29, 1.82) is 0 Å². The van der Waals surface area contributed by atoms with Gasteiger partial charge in [-0.25, -0.2) is 4.57 Å². The number of phosphoric acid groups is 1. The topological polar surface area (TPSA) is 91.3 Å². The monoisotopic (exact) mass is 706 g/mol.